The predicted molar refractivity (Wildman–Crippen MR) is 145 cm³/mol. The minimum absolute atomic E-state index is 0.182. The molecule has 1 atom stereocenters. The molecule has 194 valence electrons. The molecular weight excluding hydrogens is 480 g/mol. The number of aromatic nitrogens is 1. The Hall–Kier alpha value is -4.65. The van der Waals surface area contributed by atoms with Crippen molar-refractivity contribution in [3.05, 3.63) is 119 Å². The largest absolute Gasteiger partial charge is 0.493 e. The number of allylic oxidation sites excluding steroid dienone is 2. The molecule has 3 aromatic carbocycles. The molecule has 0 saturated heterocycles. The van der Waals surface area contributed by atoms with Gasteiger partial charge in [0.05, 0.1) is 12.3 Å². The molecule has 2 N–H and O–H groups in total. The summed E-state index contributed by atoms with van der Waals surface area (Å²) in [6.07, 6.45) is 2.27. The Morgan fingerprint density at radius 1 is 1.00 bits per heavy atom. The zero-order valence-electron chi connectivity index (χ0n) is 21.4. The van der Waals surface area contributed by atoms with E-state index in [0.29, 0.717) is 35.9 Å². The van der Waals surface area contributed by atoms with Gasteiger partial charge in [-0.25, -0.2) is 9.78 Å². The van der Waals surface area contributed by atoms with E-state index < -0.39 is 12.0 Å². The molecule has 0 aliphatic carbocycles. The average Bonchev–Trinajstić information content (AvgIpc) is 3.30. The van der Waals surface area contributed by atoms with Gasteiger partial charge in [0.1, 0.15) is 17.6 Å². The highest BCUT2D eigenvalue weighted by Gasteiger charge is 2.18. The van der Waals surface area contributed by atoms with Gasteiger partial charge in [0.15, 0.2) is 5.78 Å². The summed E-state index contributed by atoms with van der Waals surface area (Å²) >= 11 is 0. The molecule has 0 aliphatic rings. The van der Waals surface area contributed by atoms with Crippen LogP contribution in [-0.2, 0) is 17.6 Å². The van der Waals surface area contributed by atoms with Gasteiger partial charge < -0.3 is 19.6 Å². The van der Waals surface area contributed by atoms with Crippen molar-refractivity contribution >= 4 is 11.8 Å². The molecule has 7 heteroatoms. The van der Waals surface area contributed by atoms with Gasteiger partial charge in [0.25, 0.3) is 0 Å². The zero-order valence-corrected chi connectivity index (χ0v) is 21.4. The zero-order chi connectivity index (χ0) is 26.9. The molecule has 0 saturated carbocycles. The molecule has 4 rings (SSSR count). The number of carboxylic acids is 1. The van der Waals surface area contributed by atoms with Gasteiger partial charge in [-0.05, 0) is 43.7 Å². The van der Waals surface area contributed by atoms with Gasteiger partial charge in [0.2, 0.25) is 5.89 Å². The van der Waals surface area contributed by atoms with Crippen molar-refractivity contribution in [2.45, 2.75) is 32.7 Å². The molecule has 0 spiro atoms. The Balaban J connectivity index is 1.30. The standard InChI is InChI=1S/C31H30N2O5/c1-21(19-29(34)24-9-5-3-6-10-24)32-28(31(35)36)20-23-13-15-26(16-14-23)37-18-17-27-22(2)38-30(33-27)25-11-7-4-8-12-25/h3-16,19,28,32H,17-18,20H2,1-2H3,(H,35,36). The number of aliphatic carboxylic acids is 1. The lowest BCUT2D eigenvalue weighted by molar-refractivity contribution is -0.139. The van der Waals surface area contributed by atoms with Crippen LogP contribution in [0.2, 0.25) is 0 Å². The number of nitrogens with one attached hydrogen (secondary N) is 1. The van der Waals surface area contributed by atoms with Gasteiger partial charge in [0, 0.05) is 35.7 Å². The van der Waals surface area contributed by atoms with Crippen LogP contribution in [0.25, 0.3) is 11.5 Å². The second-order valence-corrected chi connectivity index (χ2v) is 8.93. The molecule has 1 heterocycles. The van der Waals surface area contributed by atoms with E-state index in [-0.39, 0.29) is 12.2 Å². The summed E-state index contributed by atoms with van der Waals surface area (Å²) in [4.78, 5) is 28.8. The topological polar surface area (TPSA) is 102 Å². The smallest absolute Gasteiger partial charge is 0.326 e. The van der Waals surface area contributed by atoms with Crippen LogP contribution >= 0.6 is 0 Å². The van der Waals surface area contributed by atoms with E-state index in [2.05, 4.69) is 10.3 Å². The number of nitrogens with zero attached hydrogens (tertiary/aromatic N) is 1. The van der Waals surface area contributed by atoms with Gasteiger partial charge >= 0.3 is 5.97 Å². The Bertz CT molecular complexity index is 1390. The number of carbonyl (C=O) groups is 2. The number of aryl methyl sites for hydroxylation is 1. The third-order valence-corrected chi connectivity index (χ3v) is 5.99. The van der Waals surface area contributed by atoms with E-state index in [1.165, 1.54) is 6.08 Å². The molecule has 0 aliphatic heterocycles. The Morgan fingerprint density at radius 3 is 2.32 bits per heavy atom. The minimum atomic E-state index is -0.997. The summed E-state index contributed by atoms with van der Waals surface area (Å²) in [5.74, 6) is 0.868. The number of oxazole rings is 1. The van der Waals surface area contributed by atoms with E-state index in [4.69, 9.17) is 9.15 Å². The average molecular weight is 511 g/mol. The maximum absolute atomic E-state index is 12.4. The number of benzene rings is 3. The van der Waals surface area contributed by atoms with Crippen molar-refractivity contribution in [2.24, 2.45) is 0 Å². The van der Waals surface area contributed by atoms with Crippen molar-refractivity contribution in [3.8, 4) is 17.2 Å². The quantitative estimate of drug-likeness (QED) is 0.188. The Labute approximate surface area is 221 Å². The maximum Gasteiger partial charge on any atom is 0.326 e. The molecule has 0 fully saturated rings. The summed E-state index contributed by atoms with van der Waals surface area (Å²) in [6, 6.07) is 25.1. The van der Waals surface area contributed by atoms with Crippen LogP contribution in [0.15, 0.2) is 101 Å². The van der Waals surface area contributed by atoms with Gasteiger partial charge in [-0.2, -0.15) is 0 Å². The van der Waals surface area contributed by atoms with Gasteiger partial charge in [-0.15, -0.1) is 0 Å². The first-order chi connectivity index (χ1) is 18.4. The highest BCUT2D eigenvalue weighted by molar-refractivity contribution is 6.04. The third-order valence-electron chi connectivity index (χ3n) is 5.99. The second-order valence-electron chi connectivity index (χ2n) is 8.93. The lowest BCUT2D eigenvalue weighted by Gasteiger charge is -2.16. The van der Waals surface area contributed by atoms with Crippen molar-refractivity contribution in [2.75, 3.05) is 6.61 Å². The molecule has 4 aromatic rings. The van der Waals surface area contributed by atoms with Crippen molar-refractivity contribution in [1.82, 2.24) is 10.3 Å². The van der Waals surface area contributed by atoms with Gasteiger partial charge in [-0.1, -0.05) is 60.7 Å². The van der Waals surface area contributed by atoms with Crippen molar-refractivity contribution < 1.29 is 23.8 Å². The van der Waals surface area contributed by atoms with Crippen molar-refractivity contribution in [3.63, 3.8) is 0 Å². The number of ether oxygens (including phenoxy) is 1. The van der Waals surface area contributed by atoms with Crippen LogP contribution in [0.1, 0.15) is 34.3 Å². The molecule has 1 unspecified atom stereocenters. The van der Waals surface area contributed by atoms with Crippen LogP contribution in [0, 0.1) is 6.92 Å². The van der Waals surface area contributed by atoms with Crippen LogP contribution in [0.5, 0.6) is 5.75 Å². The number of hydrogen-bond acceptors (Lipinski definition) is 6. The maximum atomic E-state index is 12.4. The SMILES string of the molecule is CC(=CC(=O)c1ccccc1)NC(Cc1ccc(OCCc2nc(-c3ccccc3)oc2C)cc1)C(=O)O. The second kappa shape index (κ2) is 12.5. The molecule has 38 heavy (non-hydrogen) atoms. The van der Waals surface area contributed by atoms with E-state index in [1.807, 2.05) is 67.6 Å². The Morgan fingerprint density at radius 2 is 1.66 bits per heavy atom. The fraction of sp³-hybridized carbons (Fsp3) is 0.194. The number of hydrogen-bond donors (Lipinski definition) is 2. The van der Waals surface area contributed by atoms with E-state index in [0.717, 1.165) is 22.6 Å². The molecule has 1 aromatic heterocycles. The summed E-state index contributed by atoms with van der Waals surface area (Å²) in [5.41, 5.74) is 3.65. The lowest BCUT2D eigenvalue weighted by atomic mass is 10.1. The number of carbonyl (C=O) groups excluding carboxylic acids is 1. The van der Waals surface area contributed by atoms with Crippen LogP contribution in [-0.4, -0.2) is 34.5 Å². The summed E-state index contributed by atoms with van der Waals surface area (Å²) in [5, 5.41) is 12.6. The third kappa shape index (κ3) is 7.20. The number of ketones is 1. The summed E-state index contributed by atoms with van der Waals surface area (Å²) in [6.45, 7) is 4.01. The fourth-order valence-corrected chi connectivity index (χ4v) is 3.99. The monoisotopic (exact) mass is 510 g/mol. The number of rotatable bonds is 12. The van der Waals surface area contributed by atoms with E-state index >= 15 is 0 Å². The highest BCUT2D eigenvalue weighted by atomic mass is 16.5. The van der Waals surface area contributed by atoms with Crippen LogP contribution in [0.3, 0.4) is 0 Å². The minimum Gasteiger partial charge on any atom is -0.493 e. The van der Waals surface area contributed by atoms with Crippen LogP contribution < -0.4 is 10.1 Å². The van der Waals surface area contributed by atoms with Gasteiger partial charge in [-0.3, -0.25) is 4.79 Å². The predicted octanol–water partition coefficient (Wildman–Crippen LogP) is 5.64. The fourth-order valence-electron chi connectivity index (χ4n) is 3.99. The first-order valence-corrected chi connectivity index (χ1v) is 12.4. The highest BCUT2D eigenvalue weighted by Crippen LogP contribution is 2.22. The lowest BCUT2D eigenvalue weighted by Crippen LogP contribution is -2.37. The van der Waals surface area contributed by atoms with E-state index in [9.17, 15) is 14.7 Å². The molecule has 0 amide bonds. The van der Waals surface area contributed by atoms with Crippen LogP contribution in [0.4, 0.5) is 0 Å². The Kier molecular flexibility index (Phi) is 8.72. The molecule has 0 bridgehead atoms. The summed E-state index contributed by atoms with van der Waals surface area (Å²) in [7, 11) is 0. The van der Waals surface area contributed by atoms with E-state index in [1.54, 1.807) is 31.2 Å². The van der Waals surface area contributed by atoms with Crippen molar-refractivity contribution in [1.29, 1.82) is 0 Å². The first-order valence-electron chi connectivity index (χ1n) is 12.4. The molecule has 7 nitrogen and oxygen atoms in total. The number of carboxylic acid groups (broad SMARTS) is 1. The normalized spacial score (nSPS) is 12.1. The summed E-state index contributed by atoms with van der Waals surface area (Å²) < 4.78 is 11.7. The first kappa shape index (κ1) is 26.4. The molecular formula is C31H30N2O5. The molecule has 0 radical (unpaired) electrons.